The maximum absolute atomic E-state index is 13.4. The number of ether oxygens (including phenoxy) is 3. The van der Waals surface area contributed by atoms with Gasteiger partial charge < -0.3 is 24.8 Å². The first-order valence-corrected chi connectivity index (χ1v) is 20.4. The first-order chi connectivity index (χ1) is 29.9. The van der Waals surface area contributed by atoms with Crippen molar-refractivity contribution in [1.82, 2.24) is 30.1 Å². The Labute approximate surface area is 358 Å². The molecule has 3 heterocycles. The number of imide groups is 2. The van der Waals surface area contributed by atoms with Crippen LogP contribution in [-0.2, 0) is 38.8 Å². The number of anilines is 1. The van der Waals surface area contributed by atoms with Gasteiger partial charge in [0.2, 0.25) is 17.7 Å². The SMILES string of the molecule is CCOc1cc(C(=O)/C=C/c2ccc(OCc3cn(CCCCCC(=O)Nc4cccc5c4C(=O)N(C4CCC(=O)N(C)C4=O)C5=O)nn3)cc2)c(CCNC(C)=O)cc1OC. The third kappa shape index (κ3) is 10.6. The monoisotopic (exact) mass is 847 g/mol. The number of aryl methyl sites for hydroxylation is 1. The number of rotatable bonds is 20. The smallest absolute Gasteiger partial charge is 0.264 e. The summed E-state index contributed by atoms with van der Waals surface area (Å²) in [5.74, 6) is -1.40. The number of allylic oxidation sites excluding steroid dienone is 1. The molecule has 0 bridgehead atoms. The Morgan fingerprint density at radius 2 is 1.74 bits per heavy atom. The molecule has 1 aromatic heterocycles. The second kappa shape index (κ2) is 20.4. The minimum absolute atomic E-state index is 0.0373. The van der Waals surface area contributed by atoms with E-state index in [-0.39, 0.29) is 66.2 Å². The highest BCUT2D eigenvalue weighted by Crippen LogP contribution is 2.34. The van der Waals surface area contributed by atoms with Crippen LogP contribution in [0.2, 0.25) is 0 Å². The number of carbonyl (C=O) groups excluding carboxylic acids is 7. The van der Waals surface area contributed by atoms with Gasteiger partial charge in [-0.2, -0.15) is 0 Å². The number of likely N-dealkylation sites (tertiary alicyclic amines) is 1. The van der Waals surface area contributed by atoms with Gasteiger partial charge in [0.1, 0.15) is 24.1 Å². The van der Waals surface area contributed by atoms with Gasteiger partial charge in [-0.25, -0.2) is 0 Å². The van der Waals surface area contributed by atoms with Crippen molar-refractivity contribution in [3.05, 3.63) is 100 Å². The molecule has 1 fully saturated rings. The molecule has 0 radical (unpaired) electrons. The molecule has 17 nitrogen and oxygen atoms in total. The molecule has 3 aromatic carbocycles. The predicted octanol–water partition coefficient (Wildman–Crippen LogP) is 4.78. The fourth-order valence-electron chi connectivity index (χ4n) is 7.22. The van der Waals surface area contributed by atoms with E-state index in [1.165, 1.54) is 33.2 Å². The summed E-state index contributed by atoms with van der Waals surface area (Å²) in [4.78, 5) is 90.8. The number of methoxy groups -OCH3 is 1. The van der Waals surface area contributed by atoms with Crippen LogP contribution in [0.1, 0.15) is 100 Å². The molecular formula is C45H49N7O10. The lowest BCUT2D eigenvalue weighted by Crippen LogP contribution is -2.54. The van der Waals surface area contributed by atoms with Crippen LogP contribution in [-0.4, -0.2) is 99.4 Å². The molecule has 2 N–H and O–H groups in total. The number of aromatic nitrogens is 3. The second-order valence-corrected chi connectivity index (χ2v) is 14.8. The van der Waals surface area contributed by atoms with Crippen LogP contribution in [0.15, 0.2) is 66.9 Å². The highest BCUT2D eigenvalue weighted by Gasteiger charge is 2.47. The zero-order chi connectivity index (χ0) is 44.3. The van der Waals surface area contributed by atoms with Crippen LogP contribution >= 0.6 is 0 Å². The molecule has 0 saturated carbocycles. The topological polar surface area (TPSA) is 208 Å². The van der Waals surface area contributed by atoms with Gasteiger partial charge in [0.15, 0.2) is 17.3 Å². The second-order valence-electron chi connectivity index (χ2n) is 14.8. The predicted molar refractivity (Wildman–Crippen MR) is 226 cm³/mol. The first kappa shape index (κ1) is 44.4. The number of likely N-dealkylation sites (N-methyl/N-ethyl adjacent to an activating group) is 1. The van der Waals surface area contributed by atoms with Crippen molar-refractivity contribution in [2.75, 3.05) is 32.6 Å². The molecule has 324 valence electrons. The van der Waals surface area contributed by atoms with Crippen LogP contribution < -0.4 is 24.8 Å². The van der Waals surface area contributed by atoms with E-state index in [4.69, 9.17) is 14.2 Å². The number of benzene rings is 3. The Morgan fingerprint density at radius 3 is 2.48 bits per heavy atom. The largest absolute Gasteiger partial charge is 0.493 e. The molecule has 6 amide bonds. The lowest BCUT2D eigenvalue weighted by Gasteiger charge is -2.32. The molecule has 0 aliphatic carbocycles. The minimum atomic E-state index is -1.08. The molecule has 1 unspecified atom stereocenters. The number of nitrogens with zero attached hydrogens (tertiary/aromatic N) is 5. The van der Waals surface area contributed by atoms with E-state index in [1.54, 1.807) is 53.4 Å². The van der Waals surface area contributed by atoms with Gasteiger partial charge in [-0.15, -0.1) is 5.10 Å². The number of amides is 6. The average molecular weight is 848 g/mol. The first-order valence-electron chi connectivity index (χ1n) is 20.4. The lowest BCUT2D eigenvalue weighted by molar-refractivity contribution is -0.149. The number of piperidine rings is 1. The van der Waals surface area contributed by atoms with E-state index < -0.39 is 23.8 Å². The third-order valence-electron chi connectivity index (χ3n) is 10.4. The van der Waals surface area contributed by atoms with Crippen molar-refractivity contribution in [3.63, 3.8) is 0 Å². The Kier molecular flexibility index (Phi) is 14.6. The van der Waals surface area contributed by atoms with Crippen molar-refractivity contribution in [3.8, 4) is 17.2 Å². The molecule has 0 spiro atoms. The zero-order valence-electron chi connectivity index (χ0n) is 35.1. The Hall–Kier alpha value is -7.17. The number of hydrogen-bond acceptors (Lipinski definition) is 12. The molecule has 2 aliphatic heterocycles. The highest BCUT2D eigenvalue weighted by atomic mass is 16.5. The van der Waals surface area contributed by atoms with E-state index >= 15 is 0 Å². The summed E-state index contributed by atoms with van der Waals surface area (Å²) in [5.41, 5.74) is 2.94. The summed E-state index contributed by atoms with van der Waals surface area (Å²) in [5, 5.41) is 13.9. The van der Waals surface area contributed by atoms with Crippen molar-refractivity contribution < 1.29 is 47.8 Å². The van der Waals surface area contributed by atoms with Crippen molar-refractivity contribution >= 4 is 53.0 Å². The maximum Gasteiger partial charge on any atom is 0.264 e. The zero-order valence-corrected chi connectivity index (χ0v) is 35.1. The maximum atomic E-state index is 13.4. The van der Waals surface area contributed by atoms with Crippen LogP contribution in [0.25, 0.3) is 6.08 Å². The van der Waals surface area contributed by atoms with Crippen LogP contribution in [0, 0.1) is 0 Å². The van der Waals surface area contributed by atoms with E-state index in [2.05, 4.69) is 20.9 Å². The minimum Gasteiger partial charge on any atom is -0.493 e. The molecule has 4 aromatic rings. The number of unbranched alkanes of at least 4 members (excludes halogenated alkanes) is 2. The van der Waals surface area contributed by atoms with E-state index in [0.29, 0.717) is 67.5 Å². The Bertz CT molecular complexity index is 2390. The summed E-state index contributed by atoms with van der Waals surface area (Å²) >= 11 is 0. The van der Waals surface area contributed by atoms with Crippen molar-refractivity contribution in [2.24, 2.45) is 0 Å². The van der Waals surface area contributed by atoms with Gasteiger partial charge in [-0.05, 0) is 86.2 Å². The Balaban J connectivity index is 0.932. The van der Waals surface area contributed by atoms with E-state index in [0.717, 1.165) is 27.3 Å². The van der Waals surface area contributed by atoms with E-state index in [9.17, 15) is 33.6 Å². The molecule has 17 heteroatoms. The quantitative estimate of drug-likeness (QED) is 0.0533. The number of nitrogens with one attached hydrogen (secondary N) is 2. The summed E-state index contributed by atoms with van der Waals surface area (Å²) in [6.45, 7) is 4.83. The molecule has 1 saturated heterocycles. The normalized spacial score (nSPS) is 14.9. The van der Waals surface area contributed by atoms with Gasteiger partial charge >= 0.3 is 0 Å². The average Bonchev–Trinajstić information content (AvgIpc) is 3.82. The number of carbonyl (C=O) groups is 7. The Morgan fingerprint density at radius 1 is 0.952 bits per heavy atom. The van der Waals surface area contributed by atoms with Crippen LogP contribution in [0.5, 0.6) is 17.2 Å². The fourth-order valence-corrected chi connectivity index (χ4v) is 7.22. The standard InChI is InChI=1S/C45H49N7O10/c1-5-61-39-25-34(30(24-38(39)60-4)21-22-46-28(2)53)37(54)19-15-29-13-16-32(17-14-29)62-27-31-26-51(49-48-31)23-8-6-7-12-40(55)47-35-11-9-10-33-42(35)45(59)52(43(33)57)36-18-20-41(56)50(3)44(36)58/h9-11,13-17,19,24-26,36H,5-8,12,18,20-23,27H2,1-4H3,(H,46,53)(H,47,55)/b19-15+. The molecule has 2 aliphatic rings. The number of hydrogen-bond donors (Lipinski definition) is 2. The van der Waals surface area contributed by atoms with Gasteiger partial charge in [0.25, 0.3) is 17.7 Å². The molecule has 62 heavy (non-hydrogen) atoms. The van der Waals surface area contributed by atoms with Crippen molar-refractivity contribution in [1.29, 1.82) is 0 Å². The third-order valence-corrected chi connectivity index (χ3v) is 10.4. The van der Waals surface area contributed by atoms with Crippen LogP contribution in [0.4, 0.5) is 5.69 Å². The van der Waals surface area contributed by atoms with Gasteiger partial charge in [-0.1, -0.05) is 35.9 Å². The lowest BCUT2D eigenvalue weighted by atomic mass is 9.99. The number of fused-ring (bicyclic) bond motifs is 1. The summed E-state index contributed by atoms with van der Waals surface area (Å²) in [7, 11) is 2.86. The summed E-state index contributed by atoms with van der Waals surface area (Å²) in [6.07, 6.45) is 7.73. The van der Waals surface area contributed by atoms with Gasteiger partial charge in [0.05, 0.1) is 36.7 Å². The van der Waals surface area contributed by atoms with Crippen molar-refractivity contribution in [2.45, 2.75) is 78.0 Å². The van der Waals surface area contributed by atoms with Crippen LogP contribution in [0.3, 0.4) is 0 Å². The fraction of sp³-hybridized carbons (Fsp3) is 0.356. The highest BCUT2D eigenvalue weighted by molar-refractivity contribution is 6.26. The summed E-state index contributed by atoms with van der Waals surface area (Å²) < 4.78 is 18.8. The van der Waals surface area contributed by atoms with Gasteiger partial charge in [-0.3, -0.25) is 48.0 Å². The molecular weight excluding hydrogens is 799 g/mol. The van der Waals surface area contributed by atoms with E-state index in [1.807, 2.05) is 19.1 Å². The summed E-state index contributed by atoms with van der Waals surface area (Å²) in [6, 6.07) is 14.2. The number of ketones is 1. The molecule has 6 rings (SSSR count). The van der Waals surface area contributed by atoms with Gasteiger partial charge in [0, 0.05) is 45.5 Å². The molecule has 1 atom stereocenters.